The van der Waals surface area contributed by atoms with E-state index in [9.17, 15) is 4.79 Å². The molecule has 1 aromatic carbocycles. The molecule has 0 spiro atoms. The van der Waals surface area contributed by atoms with Crippen LogP contribution in [0.1, 0.15) is 42.2 Å². The monoisotopic (exact) mass is 246 g/mol. The van der Waals surface area contributed by atoms with Crippen molar-refractivity contribution in [3.8, 4) is 0 Å². The Kier molecular flexibility index (Phi) is 3.08. The zero-order valence-corrected chi connectivity index (χ0v) is 10.3. The van der Waals surface area contributed by atoms with Crippen LogP contribution in [0.4, 0.5) is 0 Å². The van der Waals surface area contributed by atoms with Crippen LogP contribution in [0.5, 0.6) is 0 Å². The van der Waals surface area contributed by atoms with Gasteiger partial charge in [0.1, 0.15) is 0 Å². The van der Waals surface area contributed by atoms with Crippen LogP contribution in [0.15, 0.2) is 24.3 Å². The summed E-state index contributed by atoms with van der Waals surface area (Å²) < 4.78 is 5.26. The van der Waals surface area contributed by atoms with Gasteiger partial charge in [0.2, 0.25) is 0 Å². The Hall–Kier alpha value is -1.35. The SMILES string of the molecule is O=C(O)CC(c1ccccc1C1COC1)C1CC1. The van der Waals surface area contributed by atoms with Crippen LogP contribution in [0.2, 0.25) is 0 Å². The van der Waals surface area contributed by atoms with Crippen LogP contribution >= 0.6 is 0 Å². The molecule has 1 aromatic rings. The van der Waals surface area contributed by atoms with Crippen molar-refractivity contribution in [3.63, 3.8) is 0 Å². The second-order valence-electron chi connectivity index (χ2n) is 5.41. The van der Waals surface area contributed by atoms with Gasteiger partial charge in [-0.2, -0.15) is 0 Å². The fraction of sp³-hybridized carbons (Fsp3) is 0.533. The molecule has 3 nitrogen and oxygen atoms in total. The van der Waals surface area contributed by atoms with Crippen LogP contribution in [-0.2, 0) is 9.53 Å². The predicted octanol–water partition coefficient (Wildman–Crippen LogP) is 2.77. The number of ether oxygens (including phenoxy) is 1. The molecule has 1 unspecified atom stereocenters. The number of carboxylic acid groups (broad SMARTS) is 1. The van der Waals surface area contributed by atoms with E-state index in [1.807, 2.05) is 12.1 Å². The van der Waals surface area contributed by atoms with Crippen molar-refractivity contribution < 1.29 is 14.6 Å². The number of hydrogen-bond acceptors (Lipinski definition) is 2. The molecule has 1 aliphatic carbocycles. The maximum atomic E-state index is 11.1. The van der Waals surface area contributed by atoms with Gasteiger partial charge >= 0.3 is 5.97 Å². The number of aliphatic carboxylic acids is 1. The smallest absolute Gasteiger partial charge is 0.303 e. The molecule has 1 aliphatic heterocycles. The Balaban J connectivity index is 1.90. The number of rotatable bonds is 5. The van der Waals surface area contributed by atoms with E-state index in [4.69, 9.17) is 9.84 Å². The second kappa shape index (κ2) is 4.73. The van der Waals surface area contributed by atoms with Gasteiger partial charge in [0.15, 0.2) is 0 Å². The Morgan fingerprint density at radius 1 is 1.33 bits per heavy atom. The van der Waals surface area contributed by atoms with Crippen LogP contribution in [0.25, 0.3) is 0 Å². The molecule has 96 valence electrons. The predicted molar refractivity (Wildman–Crippen MR) is 67.7 cm³/mol. The summed E-state index contributed by atoms with van der Waals surface area (Å²) >= 11 is 0. The van der Waals surface area contributed by atoms with Crippen LogP contribution in [0.3, 0.4) is 0 Å². The van der Waals surface area contributed by atoms with Gasteiger partial charge in [-0.1, -0.05) is 24.3 Å². The highest BCUT2D eigenvalue weighted by atomic mass is 16.5. The lowest BCUT2D eigenvalue weighted by Crippen LogP contribution is -2.27. The molecule has 1 heterocycles. The number of carbonyl (C=O) groups is 1. The molecule has 1 atom stereocenters. The lowest BCUT2D eigenvalue weighted by molar-refractivity contribution is -0.137. The number of carboxylic acids is 1. The number of benzene rings is 1. The standard InChI is InChI=1S/C15H18O3/c16-15(17)7-14(10-5-6-10)13-4-2-1-3-12(13)11-8-18-9-11/h1-4,10-11,14H,5-9H2,(H,16,17). The molecule has 1 N–H and O–H groups in total. The Morgan fingerprint density at radius 3 is 2.61 bits per heavy atom. The van der Waals surface area contributed by atoms with E-state index in [-0.39, 0.29) is 12.3 Å². The minimum absolute atomic E-state index is 0.194. The molecule has 1 saturated carbocycles. The zero-order chi connectivity index (χ0) is 12.5. The van der Waals surface area contributed by atoms with E-state index >= 15 is 0 Å². The highest BCUT2D eigenvalue weighted by molar-refractivity contribution is 5.68. The van der Waals surface area contributed by atoms with Gasteiger partial charge < -0.3 is 9.84 Å². The topological polar surface area (TPSA) is 46.5 Å². The van der Waals surface area contributed by atoms with Crippen LogP contribution in [0, 0.1) is 5.92 Å². The molecule has 2 fully saturated rings. The first-order chi connectivity index (χ1) is 8.75. The summed E-state index contributed by atoms with van der Waals surface area (Å²) in [5, 5.41) is 9.10. The largest absolute Gasteiger partial charge is 0.481 e. The maximum Gasteiger partial charge on any atom is 0.303 e. The van der Waals surface area contributed by atoms with Gasteiger partial charge in [-0.05, 0) is 35.8 Å². The Labute approximate surface area is 107 Å². The molecular weight excluding hydrogens is 228 g/mol. The molecule has 0 bridgehead atoms. The highest BCUT2D eigenvalue weighted by Gasteiger charge is 2.36. The summed E-state index contributed by atoms with van der Waals surface area (Å²) in [4.78, 5) is 11.1. The van der Waals surface area contributed by atoms with E-state index in [0.717, 1.165) is 13.2 Å². The van der Waals surface area contributed by atoms with E-state index in [0.29, 0.717) is 11.8 Å². The fourth-order valence-electron chi connectivity index (χ4n) is 2.85. The van der Waals surface area contributed by atoms with Crippen molar-refractivity contribution in [3.05, 3.63) is 35.4 Å². The molecule has 3 heteroatoms. The molecule has 0 aromatic heterocycles. The summed E-state index contributed by atoms with van der Waals surface area (Å²) in [6, 6.07) is 8.32. The first kappa shape index (κ1) is 11.7. The minimum Gasteiger partial charge on any atom is -0.481 e. The summed E-state index contributed by atoms with van der Waals surface area (Å²) in [7, 11) is 0. The third-order valence-corrected chi connectivity index (χ3v) is 4.06. The third kappa shape index (κ3) is 2.27. The van der Waals surface area contributed by atoms with Gasteiger partial charge in [0.25, 0.3) is 0 Å². The molecule has 2 aliphatic rings. The van der Waals surface area contributed by atoms with Crippen LogP contribution in [-0.4, -0.2) is 24.3 Å². The lowest BCUT2D eigenvalue weighted by Gasteiger charge is -2.30. The van der Waals surface area contributed by atoms with Crippen molar-refractivity contribution >= 4 is 5.97 Å². The molecular formula is C15H18O3. The summed E-state index contributed by atoms with van der Waals surface area (Å²) in [5.74, 6) is 0.547. The normalized spacial score (nSPS) is 21.3. The highest BCUT2D eigenvalue weighted by Crippen LogP contribution is 2.46. The third-order valence-electron chi connectivity index (χ3n) is 4.06. The van der Waals surface area contributed by atoms with Gasteiger partial charge in [0.05, 0.1) is 19.6 Å². The van der Waals surface area contributed by atoms with E-state index in [2.05, 4.69) is 12.1 Å². The van der Waals surface area contributed by atoms with E-state index in [1.54, 1.807) is 0 Å². The lowest BCUT2D eigenvalue weighted by atomic mass is 9.82. The minimum atomic E-state index is -0.688. The van der Waals surface area contributed by atoms with Crippen molar-refractivity contribution in [2.24, 2.45) is 5.92 Å². The first-order valence-corrected chi connectivity index (χ1v) is 6.64. The second-order valence-corrected chi connectivity index (χ2v) is 5.41. The first-order valence-electron chi connectivity index (χ1n) is 6.64. The summed E-state index contributed by atoms with van der Waals surface area (Å²) in [6.07, 6.45) is 2.61. The molecule has 18 heavy (non-hydrogen) atoms. The quantitative estimate of drug-likeness (QED) is 0.869. The van der Waals surface area contributed by atoms with Gasteiger partial charge in [-0.25, -0.2) is 0 Å². The van der Waals surface area contributed by atoms with Gasteiger partial charge in [-0.15, -0.1) is 0 Å². The van der Waals surface area contributed by atoms with Crippen molar-refractivity contribution in [2.45, 2.75) is 31.1 Å². The average Bonchev–Trinajstić information content (AvgIpc) is 3.08. The van der Waals surface area contributed by atoms with Crippen molar-refractivity contribution in [2.75, 3.05) is 13.2 Å². The van der Waals surface area contributed by atoms with E-state index < -0.39 is 5.97 Å². The maximum absolute atomic E-state index is 11.1. The fourth-order valence-corrected chi connectivity index (χ4v) is 2.85. The summed E-state index contributed by atoms with van der Waals surface area (Å²) in [6.45, 7) is 1.56. The summed E-state index contributed by atoms with van der Waals surface area (Å²) in [5.41, 5.74) is 2.55. The molecule has 3 rings (SSSR count). The van der Waals surface area contributed by atoms with Crippen molar-refractivity contribution in [1.82, 2.24) is 0 Å². The van der Waals surface area contributed by atoms with Gasteiger partial charge in [0, 0.05) is 5.92 Å². The van der Waals surface area contributed by atoms with Crippen molar-refractivity contribution in [1.29, 1.82) is 0 Å². The van der Waals surface area contributed by atoms with Gasteiger partial charge in [-0.3, -0.25) is 4.79 Å². The van der Waals surface area contributed by atoms with E-state index in [1.165, 1.54) is 24.0 Å². The zero-order valence-electron chi connectivity index (χ0n) is 10.3. The number of hydrogen-bond donors (Lipinski definition) is 1. The molecule has 0 amide bonds. The average molecular weight is 246 g/mol. The van der Waals surface area contributed by atoms with Crippen LogP contribution < -0.4 is 0 Å². The Bertz CT molecular complexity index is 447. The molecule has 0 radical (unpaired) electrons. The molecule has 1 saturated heterocycles. The Morgan fingerprint density at radius 2 is 2.06 bits per heavy atom.